The van der Waals surface area contributed by atoms with Gasteiger partial charge in [0.05, 0.1) is 55.2 Å². The highest BCUT2D eigenvalue weighted by Gasteiger charge is 2.53. The molecule has 69 heavy (non-hydrogen) atoms. The number of unbranched alkanes of at least 4 members (excludes halogenated alkanes) is 16. The zero-order valence-corrected chi connectivity index (χ0v) is 45.7. The molecule has 0 radical (unpaired) electrons. The number of carbonyl (C=O) groups is 6. The molecule has 0 aliphatic carbocycles. The van der Waals surface area contributed by atoms with Crippen molar-refractivity contribution in [2.75, 3.05) is 65.9 Å². The van der Waals surface area contributed by atoms with Crippen molar-refractivity contribution in [1.29, 1.82) is 0 Å². The number of hydrogen-bond acceptors (Lipinski definition) is 17. The lowest BCUT2D eigenvalue weighted by Crippen LogP contribution is -2.29. The molecule has 2 aliphatic heterocycles. The van der Waals surface area contributed by atoms with Crippen LogP contribution in [0.3, 0.4) is 0 Å². The fourth-order valence-electron chi connectivity index (χ4n) is 7.32. The van der Waals surface area contributed by atoms with Crippen molar-refractivity contribution < 1.29 is 64.5 Å². The molecule has 15 nitrogen and oxygen atoms in total. The number of carbonyl (C=O) groups excluding carboxylic acids is 4. The van der Waals surface area contributed by atoms with Crippen LogP contribution in [0.5, 0.6) is 0 Å². The van der Waals surface area contributed by atoms with Crippen LogP contribution in [-0.4, -0.2) is 124 Å². The lowest BCUT2D eigenvalue weighted by Gasteiger charge is -2.27. The predicted octanol–water partition coefficient (Wildman–Crippen LogP) is 11.4. The summed E-state index contributed by atoms with van der Waals surface area (Å²) in [7, 11) is 10.5. The Bertz CT molecular complexity index is 1460. The summed E-state index contributed by atoms with van der Waals surface area (Å²) in [6, 6.07) is 0. The van der Waals surface area contributed by atoms with Crippen LogP contribution in [0.15, 0.2) is 12.3 Å². The average molecular weight is 1090 g/mol. The number of carboxylic acid groups (broad SMARTS) is 2. The molecule has 2 aliphatic rings. The summed E-state index contributed by atoms with van der Waals surface area (Å²) >= 11 is 0. The zero-order chi connectivity index (χ0) is 50.2. The summed E-state index contributed by atoms with van der Waals surface area (Å²) in [4.78, 5) is 72.5. The predicted molar refractivity (Wildman–Crippen MR) is 288 cm³/mol. The molecule has 2 heterocycles. The number of allylic oxidation sites excluding steroid dienone is 1. The first-order chi connectivity index (χ1) is 33.4. The van der Waals surface area contributed by atoms with Crippen molar-refractivity contribution >= 4 is 100 Å². The first-order valence-corrected chi connectivity index (χ1v) is 31.7. The third-order valence-electron chi connectivity index (χ3n) is 11.4. The van der Waals surface area contributed by atoms with Crippen molar-refractivity contribution in [2.45, 2.75) is 174 Å². The van der Waals surface area contributed by atoms with E-state index in [0.717, 1.165) is 38.5 Å². The number of Topliss-reactive ketones (excluding diaryl/α,β-unsaturated/α-hetero) is 2. The Morgan fingerprint density at radius 2 is 1.00 bits per heavy atom. The molecule has 0 bridgehead atoms. The molecule has 21 heteroatoms. The molecule has 2 saturated heterocycles. The van der Waals surface area contributed by atoms with E-state index in [-0.39, 0.29) is 97.6 Å². The Balaban J connectivity index is 0.0000245. The van der Waals surface area contributed by atoms with Crippen molar-refractivity contribution in [2.24, 2.45) is 11.8 Å². The molecule has 5 N–H and O–H groups in total. The molecule has 2 fully saturated rings. The van der Waals surface area contributed by atoms with Crippen LogP contribution >= 0.6 is 64.8 Å². The Morgan fingerprint density at radius 3 is 1.55 bits per heavy atom. The van der Waals surface area contributed by atoms with Crippen LogP contribution in [0.2, 0.25) is 0 Å². The largest absolute Gasteiger partial charge is 0.513 e. The molecule has 1 spiro atoms. The van der Waals surface area contributed by atoms with E-state index < -0.39 is 23.8 Å². The van der Waals surface area contributed by atoms with Gasteiger partial charge in [-0.1, -0.05) is 146 Å². The number of amides is 2. The van der Waals surface area contributed by atoms with Gasteiger partial charge < -0.3 is 44.9 Å². The number of nitrogens with one attached hydrogen (secondary N) is 2. The highest BCUT2D eigenvalue weighted by molar-refractivity contribution is 9.14. The molecule has 0 aromatic heterocycles. The minimum atomic E-state index is -1.06. The molecule has 0 aromatic rings. The van der Waals surface area contributed by atoms with Gasteiger partial charge in [-0.15, -0.1) is 0 Å². The van der Waals surface area contributed by atoms with Crippen LogP contribution in [0.4, 0.5) is 0 Å². The van der Waals surface area contributed by atoms with Crippen LogP contribution in [-0.2, 0) is 47.7 Å². The first kappa shape index (κ1) is 63.8. The summed E-state index contributed by atoms with van der Waals surface area (Å²) in [6.45, 7) is 5.68. The Labute approximate surface area is 437 Å². The Hall–Kier alpha value is -1.30. The number of ketones is 2. The molecular formula is C48H84N2O13S6. The quantitative estimate of drug-likeness (QED) is 0.0165. The van der Waals surface area contributed by atoms with Crippen molar-refractivity contribution in [1.82, 2.24) is 10.6 Å². The molecule has 2 amide bonds. The van der Waals surface area contributed by atoms with Gasteiger partial charge in [-0.25, -0.2) is 0 Å². The smallest absolute Gasteiger partial charge is 0.308 e. The third-order valence-corrected chi connectivity index (χ3v) is 25.3. The van der Waals surface area contributed by atoms with E-state index in [4.69, 9.17) is 24.1 Å². The second kappa shape index (κ2) is 42.1. The second-order valence-electron chi connectivity index (χ2n) is 17.5. The molecular weight excluding hydrogens is 1000 g/mol. The van der Waals surface area contributed by atoms with Gasteiger partial charge in [-0.3, -0.25) is 28.8 Å². The number of aliphatic carboxylic acids is 2. The van der Waals surface area contributed by atoms with Crippen LogP contribution in [0.1, 0.15) is 168 Å². The number of rotatable bonds is 49. The van der Waals surface area contributed by atoms with E-state index in [1.165, 1.54) is 70.6 Å². The standard InChI is InChI=1S/C48H82N2O13S6.H2/c1-38(51)21-16-14-12-10-8-6-4-2-3-5-7-9-11-13-15-17-22-40(52)35-39(45(56)57)25-26-43(54)50-28-30-61-32-33-62-36-41(53)23-20-29-60-31-34-63-37-44(55)49-27-19-18-24-42(46(58)59)47-64-66-48(67-65-47)68-69-48;/h39,42,47,51H,1-37H2,(H,49,55)(H,50,54)(H,56,57)(H,58,59);1H/t39-,42+;/m1./s1. The Kier molecular flexibility index (Phi) is 38.9. The number of carboxylic acids is 2. The average Bonchev–Trinajstić information content (AvgIpc) is 4.08. The molecule has 0 saturated carbocycles. The molecule has 400 valence electrons. The van der Waals surface area contributed by atoms with Gasteiger partial charge in [0.1, 0.15) is 19.0 Å². The monoisotopic (exact) mass is 1090 g/mol. The van der Waals surface area contributed by atoms with E-state index in [9.17, 15) is 39.0 Å². The number of aliphatic hydroxyl groups is 1. The number of ether oxygens (including phenoxy) is 4. The SMILES string of the molecule is C=C(O)CCCCCCCCCCCCCCCCCCC(=O)C[C@@H](CCC(=O)NCCOCCOCC(=O)CCCOCCOCC(=O)NCCCC[C@@H](C(=O)O)C1SSC2(SS1)SS2)C(=O)O.[HH]. The van der Waals surface area contributed by atoms with E-state index >= 15 is 0 Å². The minimum Gasteiger partial charge on any atom is -0.513 e. The molecule has 2 rings (SSSR count). The van der Waals surface area contributed by atoms with Gasteiger partial charge in [0.2, 0.25) is 11.8 Å². The van der Waals surface area contributed by atoms with Gasteiger partial charge in [0.25, 0.3) is 0 Å². The van der Waals surface area contributed by atoms with Crippen molar-refractivity contribution in [3.8, 4) is 0 Å². The maximum atomic E-state index is 12.5. The van der Waals surface area contributed by atoms with Crippen molar-refractivity contribution in [3.63, 3.8) is 0 Å². The topological polar surface area (TPSA) is 224 Å². The summed E-state index contributed by atoms with van der Waals surface area (Å²) < 4.78 is 21.8. The van der Waals surface area contributed by atoms with Gasteiger partial charge in [-0.05, 0) is 60.1 Å². The first-order valence-electron chi connectivity index (χ1n) is 25.2. The number of hydrogen-bond donors (Lipinski definition) is 5. The third kappa shape index (κ3) is 36.3. The van der Waals surface area contributed by atoms with Crippen LogP contribution in [0, 0.1) is 11.8 Å². The maximum absolute atomic E-state index is 12.5. The normalized spacial score (nSPS) is 15.1. The fourth-order valence-corrected chi connectivity index (χ4v) is 21.1. The summed E-state index contributed by atoms with van der Waals surface area (Å²) in [5.41, 5.74) is 0. The highest BCUT2D eigenvalue weighted by Crippen LogP contribution is 2.84. The van der Waals surface area contributed by atoms with E-state index in [1.807, 2.05) is 21.6 Å². The van der Waals surface area contributed by atoms with Gasteiger partial charge >= 0.3 is 11.9 Å². The van der Waals surface area contributed by atoms with E-state index in [2.05, 4.69) is 17.2 Å². The van der Waals surface area contributed by atoms with Gasteiger partial charge in [-0.2, -0.15) is 0 Å². The van der Waals surface area contributed by atoms with E-state index in [1.54, 1.807) is 43.2 Å². The van der Waals surface area contributed by atoms with Crippen LogP contribution in [0.25, 0.3) is 0 Å². The molecule has 0 unspecified atom stereocenters. The lowest BCUT2D eigenvalue weighted by molar-refractivity contribution is -0.144. The molecule has 0 aromatic carbocycles. The number of aliphatic hydroxyl groups excluding tert-OH is 1. The summed E-state index contributed by atoms with van der Waals surface area (Å²) in [6.07, 6.45) is 23.0. The Morgan fingerprint density at radius 1 is 0.493 bits per heavy atom. The van der Waals surface area contributed by atoms with Gasteiger partial charge in [0.15, 0.2) is 8.53 Å². The second-order valence-corrected chi connectivity index (χ2v) is 27.1. The fraction of sp³-hybridized carbons (Fsp3) is 0.833. The van der Waals surface area contributed by atoms with Crippen LogP contribution < -0.4 is 10.6 Å². The maximum Gasteiger partial charge on any atom is 0.308 e. The zero-order valence-electron chi connectivity index (χ0n) is 40.8. The summed E-state index contributed by atoms with van der Waals surface area (Å²) in [5.74, 6) is -3.50. The highest BCUT2D eigenvalue weighted by atomic mass is 33.2. The molecule has 2 atom stereocenters. The summed E-state index contributed by atoms with van der Waals surface area (Å²) in [5, 5.41) is 33.9. The van der Waals surface area contributed by atoms with Gasteiger partial charge in [0, 0.05) is 53.2 Å². The minimum absolute atomic E-state index is 0. The van der Waals surface area contributed by atoms with Crippen molar-refractivity contribution in [3.05, 3.63) is 12.3 Å². The lowest BCUT2D eigenvalue weighted by atomic mass is 9.94. The van der Waals surface area contributed by atoms with E-state index in [0.29, 0.717) is 64.0 Å².